The zero-order valence-electron chi connectivity index (χ0n) is 9.50. The molecule has 0 aliphatic carbocycles. The fourth-order valence-corrected chi connectivity index (χ4v) is 5.89. The van der Waals surface area contributed by atoms with E-state index in [9.17, 15) is 16.8 Å². The molecule has 0 amide bonds. The maximum Gasteiger partial charge on any atom is 0.229 e. The number of thiocarbonyl (C=S) groups is 1. The number of hydrogen-bond donors (Lipinski definition) is 1. The predicted molar refractivity (Wildman–Crippen MR) is 69.8 cm³/mol. The molecule has 17 heavy (non-hydrogen) atoms. The molecule has 1 rings (SSSR count). The van der Waals surface area contributed by atoms with Gasteiger partial charge >= 0.3 is 0 Å². The average Bonchev–Trinajstić information content (AvgIpc) is 2.14. The summed E-state index contributed by atoms with van der Waals surface area (Å²) in [6.45, 7) is 0.278. The van der Waals surface area contributed by atoms with Gasteiger partial charge in [0.25, 0.3) is 0 Å². The molecule has 0 aromatic carbocycles. The standard InChI is InChI=1S/C8H16N2O4S3/c1-16(11,12)6-17(13,14)10-5-3-2-4-7(10)8(9)15/h7H,2-6H2,1H3,(H2,9,15). The van der Waals surface area contributed by atoms with Crippen molar-refractivity contribution < 1.29 is 16.8 Å². The van der Waals surface area contributed by atoms with Gasteiger partial charge in [-0.15, -0.1) is 0 Å². The van der Waals surface area contributed by atoms with Crippen LogP contribution in [0.15, 0.2) is 0 Å². The summed E-state index contributed by atoms with van der Waals surface area (Å²) in [5.41, 5.74) is 5.49. The van der Waals surface area contributed by atoms with Crippen molar-refractivity contribution in [2.75, 3.05) is 17.9 Å². The van der Waals surface area contributed by atoms with Crippen molar-refractivity contribution in [1.29, 1.82) is 0 Å². The van der Waals surface area contributed by atoms with Crippen molar-refractivity contribution in [3.63, 3.8) is 0 Å². The van der Waals surface area contributed by atoms with Crippen molar-refractivity contribution in [1.82, 2.24) is 4.31 Å². The van der Waals surface area contributed by atoms with Crippen LogP contribution in [0.2, 0.25) is 0 Å². The predicted octanol–water partition coefficient (Wildman–Crippen LogP) is -0.541. The van der Waals surface area contributed by atoms with E-state index in [1.165, 1.54) is 0 Å². The number of sulfone groups is 1. The van der Waals surface area contributed by atoms with Crippen LogP contribution in [0.1, 0.15) is 19.3 Å². The maximum atomic E-state index is 11.9. The van der Waals surface area contributed by atoms with Gasteiger partial charge in [0.05, 0.1) is 11.0 Å². The molecule has 1 fully saturated rings. The van der Waals surface area contributed by atoms with Crippen molar-refractivity contribution >= 4 is 37.1 Å². The lowest BCUT2D eigenvalue weighted by atomic mass is 10.1. The third-order valence-electron chi connectivity index (χ3n) is 2.50. The number of nitrogens with zero attached hydrogens (tertiary/aromatic N) is 1. The smallest absolute Gasteiger partial charge is 0.229 e. The van der Waals surface area contributed by atoms with Crippen LogP contribution in [0.5, 0.6) is 0 Å². The second kappa shape index (κ2) is 5.17. The molecule has 2 N–H and O–H groups in total. The highest BCUT2D eigenvalue weighted by Gasteiger charge is 2.35. The molecule has 9 heteroatoms. The van der Waals surface area contributed by atoms with E-state index in [1.54, 1.807) is 0 Å². The summed E-state index contributed by atoms with van der Waals surface area (Å²) in [5.74, 6) is 0. The van der Waals surface area contributed by atoms with Crippen LogP contribution in [-0.2, 0) is 19.9 Å². The monoisotopic (exact) mass is 300 g/mol. The molecule has 1 atom stereocenters. The van der Waals surface area contributed by atoms with E-state index in [2.05, 4.69) is 0 Å². The number of sulfonamides is 1. The van der Waals surface area contributed by atoms with Crippen molar-refractivity contribution in [2.24, 2.45) is 5.73 Å². The first-order valence-electron chi connectivity index (χ1n) is 5.10. The largest absolute Gasteiger partial charge is 0.392 e. The zero-order chi connectivity index (χ0) is 13.3. The molecule has 1 saturated heterocycles. The Morgan fingerprint density at radius 3 is 2.41 bits per heavy atom. The van der Waals surface area contributed by atoms with Gasteiger partial charge in [0.15, 0.2) is 14.9 Å². The first kappa shape index (κ1) is 14.8. The van der Waals surface area contributed by atoms with Crippen molar-refractivity contribution in [2.45, 2.75) is 25.3 Å². The Morgan fingerprint density at radius 2 is 1.94 bits per heavy atom. The van der Waals surface area contributed by atoms with Crippen LogP contribution in [0.25, 0.3) is 0 Å². The van der Waals surface area contributed by atoms with Crippen LogP contribution < -0.4 is 5.73 Å². The van der Waals surface area contributed by atoms with Gasteiger partial charge in [-0.1, -0.05) is 18.6 Å². The molecule has 0 radical (unpaired) electrons. The second-order valence-corrected chi connectivity index (χ2v) is 9.08. The summed E-state index contributed by atoms with van der Waals surface area (Å²) < 4.78 is 47.2. The summed E-state index contributed by atoms with van der Waals surface area (Å²) in [7, 11) is -7.45. The van der Waals surface area contributed by atoms with Gasteiger partial charge in [0, 0.05) is 12.8 Å². The SMILES string of the molecule is CS(=O)(=O)CS(=O)(=O)N1CCCCC1C(N)=S. The molecule has 0 aromatic heterocycles. The molecule has 1 aliphatic rings. The molecule has 1 heterocycles. The third kappa shape index (κ3) is 4.16. The zero-order valence-corrected chi connectivity index (χ0v) is 11.9. The Kier molecular flexibility index (Phi) is 4.50. The maximum absolute atomic E-state index is 11.9. The summed E-state index contributed by atoms with van der Waals surface area (Å²) >= 11 is 4.82. The van der Waals surface area contributed by atoms with Crippen LogP contribution in [-0.4, -0.2) is 50.1 Å². The molecular formula is C8H16N2O4S3. The highest BCUT2D eigenvalue weighted by atomic mass is 32.3. The topological polar surface area (TPSA) is 97.5 Å². The first-order chi connectivity index (χ1) is 7.63. The minimum Gasteiger partial charge on any atom is -0.392 e. The van der Waals surface area contributed by atoms with Gasteiger partial charge in [-0.2, -0.15) is 4.31 Å². The lowest BCUT2D eigenvalue weighted by molar-refractivity contribution is 0.308. The highest BCUT2D eigenvalue weighted by Crippen LogP contribution is 2.21. The van der Waals surface area contributed by atoms with Gasteiger partial charge in [-0.3, -0.25) is 0 Å². The Hall–Kier alpha value is -0.250. The van der Waals surface area contributed by atoms with E-state index in [-0.39, 0.29) is 11.5 Å². The molecule has 100 valence electrons. The molecule has 0 saturated carbocycles. The summed E-state index contributed by atoms with van der Waals surface area (Å²) in [4.78, 5) is 0.0989. The molecule has 0 spiro atoms. The van der Waals surface area contributed by atoms with Crippen molar-refractivity contribution in [3.8, 4) is 0 Å². The first-order valence-corrected chi connectivity index (χ1v) is 9.18. The van der Waals surface area contributed by atoms with Crippen LogP contribution in [0, 0.1) is 0 Å². The number of piperidine rings is 1. The fraction of sp³-hybridized carbons (Fsp3) is 0.875. The van der Waals surface area contributed by atoms with Gasteiger partial charge in [-0.25, -0.2) is 16.8 Å². The van der Waals surface area contributed by atoms with E-state index in [0.717, 1.165) is 17.0 Å². The summed E-state index contributed by atoms with van der Waals surface area (Å²) in [6.07, 6.45) is 2.98. The van der Waals surface area contributed by atoms with E-state index in [4.69, 9.17) is 18.0 Å². The number of nitrogens with two attached hydrogens (primary N) is 1. The van der Waals surface area contributed by atoms with Gasteiger partial charge < -0.3 is 5.73 Å². The summed E-state index contributed by atoms with van der Waals surface area (Å²) in [6, 6.07) is -0.550. The quantitative estimate of drug-likeness (QED) is 0.700. The molecule has 1 aliphatic heterocycles. The molecule has 6 nitrogen and oxygen atoms in total. The van der Waals surface area contributed by atoms with Crippen molar-refractivity contribution in [3.05, 3.63) is 0 Å². The van der Waals surface area contributed by atoms with Gasteiger partial charge in [0.2, 0.25) is 10.0 Å². The van der Waals surface area contributed by atoms with Crippen LogP contribution in [0.3, 0.4) is 0 Å². The minimum atomic E-state index is -3.86. The Morgan fingerprint density at radius 1 is 1.35 bits per heavy atom. The Bertz CT molecular complexity index is 497. The molecular weight excluding hydrogens is 284 g/mol. The highest BCUT2D eigenvalue weighted by molar-refractivity contribution is 8.06. The third-order valence-corrected chi connectivity index (χ3v) is 6.83. The van der Waals surface area contributed by atoms with Crippen LogP contribution >= 0.6 is 12.2 Å². The minimum absolute atomic E-state index is 0.0989. The van der Waals surface area contributed by atoms with Gasteiger partial charge in [0.1, 0.15) is 0 Å². The van der Waals surface area contributed by atoms with E-state index in [1.807, 2.05) is 0 Å². The number of rotatable bonds is 4. The second-order valence-electron chi connectivity index (χ2n) is 4.18. The van der Waals surface area contributed by atoms with E-state index < -0.39 is 31.0 Å². The van der Waals surface area contributed by atoms with E-state index >= 15 is 0 Å². The lowest BCUT2D eigenvalue weighted by Crippen LogP contribution is -2.51. The Labute approximate surface area is 107 Å². The van der Waals surface area contributed by atoms with Crippen LogP contribution in [0.4, 0.5) is 0 Å². The molecule has 0 aromatic rings. The average molecular weight is 300 g/mol. The normalized spacial score (nSPS) is 23.5. The summed E-state index contributed by atoms with van der Waals surface area (Å²) in [5, 5.41) is -0.890. The fourth-order valence-electron chi connectivity index (χ4n) is 1.86. The van der Waals surface area contributed by atoms with Gasteiger partial charge in [-0.05, 0) is 12.8 Å². The molecule has 1 unspecified atom stereocenters. The molecule has 0 bridgehead atoms. The lowest BCUT2D eigenvalue weighted by Gasteiger charge is -2.33. The Balaban J connectivity index is 2.99. The van der Waals surface area contributed by atoms with E-state index in [0.29, 0.717) is 12.8 Å². The number of hydrogen-bond acceptors (Lipinski definition) is 5.